The van der Waals surface area contributed by atoms with Crippen molar-refractivity contribution >= 4 is 5.91 Å². The summed E-state index contributed by atoms with van der Waals surface area (Å²) in [6.45, 7) is -2.06. The van der Waals surface area contributed by atoms with E-state index < -0.39 is 6.61 Å². The van der Waals surface area contributed by atoms with Gasteiger partial charge in [-0.05, 0) is 24.3 Å². The van der Waals surface area contributed by atoms with E-state index in [9.17, 15) is 13.6 Å². The number of benzene rings is 1. The molecule has 1 aliphatic heterocycles. The van der Waals surface area contributed by atoms with Crippen LogP contribution in [0.25, 0.3) is 0 Å². The van der Waals surface area contributed by atoms with Crippen molar-refractivity contribution in [3.05, 3.63) is 29.8 Å². The summed E-state index contributed by atoms with van der Waals surface area (Å²) < 4.78 is 38.6. The smallest absolute Gasteiger partial charge is 0.387 e. The lowest BCUT2D eigenvalue weighted by atomic mass is 10.1. The summed E-state index contributed by atoms with van der Waals surface area (Å²) in [5.74, 6) is -0.304. The lowest BCUT2D eigenvalue weighted by Gasteiger charge is -2.17. The number of amides is 1. The molecule has 0 spiro atoms. The molecule has 0 unspecified atom stereocenters. The summed E-state index contributed by atoms with van der Waals surface area (Å²) >= 11 is 0. The Labute approximate surface area is 114 Å². The summed E-state index contributed by atoms with van der Waals surface area (Å²) in [6, 6.07) is 5.26. The molecule has 0 aliphatic carbocycles. The van der Waals surface area contributed by atoms with Crippen LogP contribution in [-0.4, -0.2) is 45.0 Å². The molecule has 0 aromatic heterocycles. The van der Waals surface area contributed by atoms with Gasteiger partial charge in [-0.3, -0.25) is 4.79 Å². The van der Waals surface area contributed by atoms with E-state index in [4.69, 9.17) is 9.47 Å². The Balaban J connectivity index is 1.95. The number of carbonyl (C=O) groups is 1. The molecule has 2 atom stereocenters. The number of nitrogens with one attached hydrogen (secondary N) is 1. The molecule has 1 aromatic rings. The molecule has 2 rings (SSSR count). The van der Waals surface area contributed by atoms with E-state index in [1.807, 2.05) is 0 Å². The van der Waals surface area contributed by atoms with Crippen molar-refractivity contribution in [2.75, 3.05) is 20.3 Å². The first-order chi connectivity index (χ1) is 9.60. The molecule has 5 nitrogen and oxygen atoms in total. The van der Waals surface area contributed by atoms with Gasteiger partial charge >= 0.3 is 6.61 Å². The van der Waals surface area contributed by atoms with Gasteiger partial charge in [0.25, 0.3) is 5.91 Å². The molecule has 1 aromatic carbocycles. The maximum absolute atomic E-state index is 12.0. The van der Waals surface area contributed by atoms with E-state index >= 15 is 0 Å². The molecular formula is C13H15F2NO4. The fourth-order valence-corrected chi connectivity index (χ4v) is 1.94. The molecule has 0 saturated carbocycles. The van der Waals surface area contributed by atoms with E-state index in [1.165, 1.54) is 24.3 Å². The highest BCUT2D eigenvalue weighted by Crippen LogP contribution is 2.16. The number of halogens is 2. The Kier molecular flexibility index (Phi) is 4.86. The second kappa shape index (κ2) is 6.62. The largest absolute Gasteiger partial charge is 0.435 e. The highest BCUT2D eigenvalue weighted by atomic mass is 19.3. The van der Waals surface area contributed by atoms with Gasteiger partial charge in [-0.1, -0.05) is 0 Å². The fraction of sp³-hybridized carbons (Fsp3) is 0.462. The third kappa shape index (κ3) is 3.64. The quantitative estimate of drug-likeness (QED) is 0.890. The van der Waals surface area contributed by atoms with Crippen LogP contribution in [0, 0.1) is 0 Å². The van der Waals surface area contributed by atoms with Crippen LogP contribution in [0.1, 0.15) is 10.4 Å². The van der Waals surface area contributed by atoms with Gasteiger partial charge in [0, 0.05) is 12.7 Å². The van der Waals surface area contributed by atoms with Gasteiger partial charge in [0.15, 0.2) is 0 Å². The average molecular weight is 287 g/mol. The van der Waals surface area contributed by atoms with Gasteiger partial charge in [-0.15, -0.1) is 0 Å². The van der Waals surface area contributed by atoms with Crippen LogP contribution in [0.4, 0.5) is 8.78 Å². The van der Waals surface area contributed by atoms with Crippen LogP contribution in [-0.2, 0) is 9.47 Å². The van der Waals surface area contributed by atoms with E-state index in [0.717, 1.165) is 0 Å². The van der Waals surface area contributed by atoms with Crippen molar-refractivity contribution in [2.45, 2.75) is 18.8 Å². The molecule has 20 heavy (non-hydrogen) atoms. The van der Waals surface area contributed by atoms with Crippen LogP contribution in [0.2, 0.25) is 0 Å². The Bertz CT molecular complexity index is 452. The average Bonchev–Trinajstić information content (AvgIpc) is 2.86. The molecule has 1 fully saturated rings. The zero-order valence-corrected chi connectivity index (χ0v) is 10.8. The maximum atomic E-state index is 12.0. The minimum Gasteiger partial charge on any atom is -0.435 e. The van der Waals surface area contributed by atoms with Crippen molar-refractivity contribution in [3.8, 4) is 5.75 Å². The normalized spacial score (nSPS) is 22.0. The molecule has 1 aliphatic rings. The van der Waals surface area contributed by atoms with Crippen LogP contribution in [0.15, 0.2) is 24.3 Å². The number of carbonyl (C=O) groups excluding carboxylic acids is 1. The van der Waals surface area contributed by atoms with Crippen LogP contribution < -0.4 is 10.1 Å². The van der Waals surface area contributed by atoms with Gasteiger partial charge in [-0.2, -0.15) is 8.78 Å². The Morgan fingerprint density at radius 2 is 2.05 bits per heavy atom. The van der Waals surface area contributed by atoms with E-state index in [0.29, 0.717) is 18.8 Å². The predicted octanol–water partition coefficient (Wildman–Crippen LogP) is 1.43. The summed E-state index contributed by atoms with van der Waals surface area (Å²) in [4.78, 5) is 12.0. The molecule has 1 saturated heterocycles. The monoisotopic (exact) mass is 287 g/mol. The first-order valence-electron chi connectivity index (χ1n) is 6.06. The summed E-state index contributed by atoms with van der Waals surface area (Å²) in [5.41, 5.74) is 0.355. The van der Waals surface area contributed by atoms with Crippen LogP contribution >= 0.6 is 0 Å². The third-order valence-corrected chi connectivity index (χ3v) is 2.99. The van der Waals surface area contributed by atoms with Crippen molar-refractivity contribution in [2.24, 2.45) is 0 Å². The summed E-state index contributed by atoms with van der Waals surface area (Å²) in [6.07, 6.45) is -0.180. The van der Waals surface area contributed by atoms with Crippen molar-refractivity contribution in [3.63, 3.8) is 0 Å². The Morgan fingerprint density at radius 1 is 1.35 bits per heavy atom. The van der Waals surface area contributed by atoms with Crippen molar-refractivity contribution < 1.29 is 27.8 Å². The van der Waals surface area contributed by atoms with E-state index in [-0.39, 0.29) is 23.8 Å². The standard InChI is InChI=1S/C13H15F2NO4/c1-18-11-7-19-6-10(11)16-12(17)8-2-4-9(5-3-8)20-13(14)15/h2-5,10-11,13H,6-7H2,1H3,(H,16,17)/t10-,11-/m0/s1. The van der Waals surface area contributed by atoms with Gasteiger partial charge in [0.1, 0.15) is 11.9 Å². The first-order valence-corrected chi connectivity index (χ1v) is 6.06. The molecule has 1 N–H and O–H groups in total. The highest BCUT2D eigenvalue weighted by molar-refractivity contribution is 5.94. The first kappa shape index (κ1) is 14.7. The maximum Gasteiger partial charge on any atom is 0.387 e. The highest BCUT2D eigenvalue weighted by Gasteiger charge is 2.29. The van der Waals surface area contributed by atoms with E-state index in [2.05, 4.69) is 10.1 Å². The zero-order valence-electron chi connectivity index (χ0n) is 10.8. The Morgan fingerprint density at radius 3 is 2.65 bits per heavy atom. The molecule has 0 radical (unpaired) electrons. The lowest BCUT2D eigenvalue weighted by molar-refractivity contribution is -0.0498. The number of alkyl halides is 2. The second-order valence-corrected chi connectivity index (χ2v) is 4.29. The number of methoxy groups -OCH3 is 1. The molecule has 0 bridgehead atoms. The SMILES string of the molecule is CO[C@H]1COC[C@@H]1NC(=O)c1ccc(OC(F)F)cc1. The van der Waals surface area contributed by atoms with Crippen molar-refractivity contribution in [1.82, 2.24) is 5.32 Å². The fourth-order valence-electron chi connectivity index (χ4n) is 1.94. The summed E-state index contributed by atoms with van der Waals surface area (Å²) in [5, 5.41) is 2.78. The van der Waals surface area contributed by atoms with Crippen molar-refractivity contribution in [1.29, 1.82) is 0 Å². The molecule has 110 valence electrons. The minimum atomic E-state index is -2.88. The molecule has 1 heterocycles. The number of rotatable bonds is 5. The predicted molar refractivity (Wildman–Crippen MR) is 65.9 cm³/mol. The van der Waals surface area contributed by atoms with E-state index in [1.54, 1.807) is 7.11 Å². The lowest BCUT2D eigenvalue weighted by Crippen LogP contribution is -2.43. The van der Waals surface area contributed by atoms with Gasteiger partial charge < -0.3 is 19.5 Å². The van der Waals surface area contributed by atoms with Gasteiger partial charge in [0.2, 0.25) is 0 Å². The van der Waals surface area contributed by atoms with Crippen LogP contribution in [0.5, 0.6) is 5.75 Å². The van der Waals surface area contributed by atoms with Crippen LogP contribution in [0.3, 0.4) is 0 Å². The number of hydrogen-bond donors (Lipinski definition) is 1. The molecule has 7 heteroatoms. The minimum absolute atomic E-state index is 0.00974. The summed E-state index contributed by atoms with van der Waals surface area (Å²) in [7, 11) is 1.55. The molecule has 1 amide bonds. The zero-order chi connectivity index (χ0) is 14.5. The van der Waals surface area contributed by atoms with Gasteiger partial charge in [-0.25, -0.2) is 0 Å². The topological polar surface area (TPSA) is 56.8 Å². The number of hydrogen-bond acceptors (Lipinski definition) is 4. The molecular weight excluding hydrogens is 272 g/mol. The number of ether oxygens (including phenoxy) is 3. The van der Waals surface area contributed by atoms with Gasteiger partial charge in [0.05, 0.1) is 19.3 Å². The third-order valence-electron chi connectivity index (χ3n) is 2.99. The second-order valence-electron chi connectivity index (χ2n) is 4.29. The Hall–Kier alpha value is -1.73.